The molecule has 11 heteroatoms. The van der Waals surface area contributed by atoms with Crippen molar-refractivity contribution < 1.29 is 13.2 Å². The van der Waals surface area contributed by atoms with Gasteiger partial charge in [-0.2, -0.15) is 13.2 Å². The van der Waals surface area contributed by atoms with Gasteiger partial charge in [-0.25, -0.2) is 14.6 Å². The molecule has 0 aliphatic heterocycles. The van der Waals surface area contributed by atoms with Crippen LogP contribution in [0.4, 0.5) is 13.2 Å². The summed E-state index contributed by atoms with van der Waals surface area (Å²) < 4.78 is 41.0. The van der Waals surface area contributed by atoms with Crippen LogP contribution in [0.25, 0.3) is 11.5 Å². The number of alkyl halides is 3. The number of rotatable bonds is 3. The summed E-state index contributed by atoms with van der Waals surface area (Å²) in [6.07, 6.45) is -3.17. The molecule has 3 aromatic rings. The van der Waals surface area contributed by atoms with E-state index in [1.54, 1.807) is 12.1 Å². The van der Waals surface area contributed by atoms with Gasteiger partial charge in [0.15, 0.2) is 11.6 Å². The van der Waals surface area contributed by atoms with Crippen molar-refractivity contribution >= 4 is 11.8 Å². The van der Waals surface area contributed by atoms with Gasteiger partial charge in [-0.1, -0.05) is 26.8 Å². The van der Waals surface area contributed by atoms with Crippen LogP contribution in [0.5, 0.6) is 0 Å². The van der Waals surface area contributed by atoms with Gasteiger partial charge >= 0.3 is 6.18 Å². The van der Waals surface area contributed by atoms with E-state index in [1.165, 1.54) is 16.9 Å². The molecule has 3 aromatic heterocycles. The summed E-state index contributed by atoms with van der Waals surface area (Å²) in [6.45, 7) is 5.71. The number of nitrogen functional groups attached to an aromatic ring is 1. The Balaban J connectivity index is 2.04. The van der Waals surface area contributed by atoms with Crippen molar-refractivity contribution in [3.63, 3.8) is 0 Å². The highest BCUT2D eigenvalue weighted by Gasteiger charge is 2.34. The molecule has 0 atom stereocenters. The molecule has 0 aliphatic rings. The van der Waals surface area contributed by atoms with Crippen LogP contribution in [0.3, 0.4) is 0 Å². The lowest BCUT2D eigenvalue weighted by atomic mass is 9.96. The predicted molar refractivity (Wildman–Crippen MR) is 93.3 cm³/mol. The minimum absolute atomic E-state index is 0.0394. The van der Waals surface area contributed by atoms with Crippen molar-refractivity contribution in [1.29, 1.82) is 0 Å². The van der Waals surface area contributed by atoms with Crippen molar-refractivity contribution in [1.82, 2.24) is 29.8 Å². The normalized spacial score (nSPS) is 12.4. The van der Waals surface area contributed by atoms with Gasteiger partial charge in [0, 0.05) is 17.7 Å². The van der Waals surface area contributed by atoms with E-state index in [1.807, 2.05) is 20.8 Å². The van der Waals surface area contributed by atoms with Gasteiger partial charge in [0.05, 0.1) is 0 Å². The summed E-state index contributed by atoms with van der Waals surface area (Å²) in [5, 5.41) is 8.25. The Hall–Kier alpha value is -2.69. The molecular formula is C16H16F3N7S. The molecule has 2 N–H and O–H groups in total. The summed E-state index contributed by atoms with van der Waals surface area (Å²) in [7, 11) is 0. The minimum atomic E-state index is -4.63. The number of nitrogens with zero attached hydrogens (tertiary/aromatic N) is 6. The SMILES string of the molecule is CC(C)(C)c1nnc(Sc2cc(C(F)(F)F)nc(-c3ccccn3)n2)n1N. The molecule has 0 unspecified atom stereocenters. The third-order valence-electron chi connectivity index (χ3n) is 3.42. The number of aromatic nitrogens is 6. The summed E-state index contributed by atoms with van der Waals surface area (Å²) in [5.74, 6) is 6.37. The number of pyridine rings is 1. The van der Waals surface area contributed by atoms with Crippen LogP contribution in [-0.2, 0) is 11.6 Å². The van der Waals surface area contributed by atoms with Crippen molar-refractivity contribution in [2.75, 3.05) is 5.84 Å². The van der Waals surface area contributed by atoms with E-state index in [0.29, 0.717) is 5.82 Å². The van der Waals surface area contributed by atoms with Crippen LogP contribution in [0.15, 0.2) is 40.6 Å². The minimum Gasteiger partial charge on any atom is -0.336 e. The molecule has 0 fully saturated rings. The Bertz CT molecular complexity index is 949. The molecule has 0 radical (unpaired) electrons. The van der Waals surface area contributed by atoms with E-state index in [9.17, 15) is 13.2 Å². The van der Waals surface area contributed by atoms with Crippen LogP contribution in [0.1, 0.15) is 32.3 Å². The Morgan fingerprint density at radius 1 is 1.07 bits per heavy atom. The highest BCUT2D eigenvalue weighted by atomic mass is 32.2. The molecule has 0 spiro atoms. The van der Waals surface area contributed by atoms with Gasteiger partial charge in [-0.3, -0.25) is 4.98 Å². The van der Waals surface area contributed by atoms with Crippen molar-refractivity contribution in [2.24, 2.45) is 0 Å². The third kappa shape index (κ3) is 4.18. The van der Waals surface area contributed by atoms with Crippen LogP contribution in [-0.4, -0.2) is 29.8 Å². The molecule has 142 valence electrons. The first-order valence-corrected chi connectivity index (χ1v) is 8.64. The number of halogens is 3. The van der Waals surface area contributed by atoms with Gasteiger partial charge in [-0.05, 0) is 23.9 Å². The van der Waals surface area contributed by atoms with E-state index >= 15 is 0 Å². The third-order valence-corrected chi connectivity index (χ3v) is 4.30. The zero-order valence-corrected chi connectivity index (χ0v) is 15.5. The molecule has 3 rings (SSSR count). The molecule has 0 amide bonds. The van der Waals surface area contributed by atoms with Gasteiger partial charge in [-0.15, -0.1) is 10.2 Å². The Kier molecular flexibility index (Phi) is 4.81. The van der Waals surface area contributed by atoms with Crippen molar-refractivity contribution in [3.05, 3.63) is 42.0 Å². The lowest BCUT2D eigenvalue weighted by molar-refractivity contribution is -0.141. The second kappa shape index (κ2) is 6.80. The van der Waals surface area contributed by atoms with Gasteiger partial charge in [0.25, 0.3) is 0 Å². The van der Waals surface area contributed by atoms with E-state index in [0.717, 1.165) is 17.8 Å². The molecule has 0 bridgehead atoms. The fraction of sp³-hybridized carbons (Fsp3) is 0.312. The molecule has 0 saturated carbocycles. The molecule has 0 aliphatic carbocycles. The average Bonchev–Trinajstić information content (AvgIpc) is 2.95. The van der Waals surface area contributed by atoms with Gasteiger partial charge in [0.1, 0.15) is 16.4 Å². The first-order valence-electron chi connectivity index (χ1n) is 7.82. The molecule has 3 heterocycles. The topological polar surface area (TPSA) is 95.4 Å². The molecule has 27 heavy (non-hydrogen) atoms. The Morgan fingerprint density at radius 2 is 1.81 bits per heavy atom. The molecule has 0 aromatic carbocycles. The average molecular weight is 395 g/mol. The van der Waals surface area contributed by atoms with Crippen LogP contribution in [0.2, 0.25) is 0 Å². The maximum absolute atomic E-state index is 13.3. The maximum atomic E-state index is 13.3. The van der Waals surface area contributed by atoms with Gasteiger partial charge in [0.2, 0.25) is 5.16 Å². The highest BCUT2D eigenvalue weighted by Crippen LogP contribution is 2.34. The van der Waals surface area contributed by atoms with E-state index in [2.05, 4.69) is 25.1 Å². The van der Waals surface area contributed by atoms with Crippen molar-refractivity contribution in [3.8, 4) is 11.5 Å². The Morgan fingerprint density at radius 3 is 2.37 bits per heavy atom. The number of hydrogen-bond acceptors (Lipinski definition) is 7. The first kappa shape index (κ1) is 19.1. The fourth-order valence-electron chi connectivity index (χ4n) is 2.18. The maximum Gasteiger partial charge on any atom is 0.433 e. The number of hydrogen-bond donors (Lipinski definition) is 1. The lowest BCUT2D eigenvalue weighted by Crippen LogP contribution is -2.24. The summed E-state index contributed by atoms with van der Waals surface area (Å²) in [6, 6.07) is 5.68. The molecular weight excluding hydrogens is 379 g/mol. The monoisotopic (exact) mass is 395 g/mol. The van der Waals surface area contributed by atoms with E-state index in [-0.39, 0.29) is 27.1 Å². The second-order valence-electron chi connectivity index (χ2n) is 6.66. The smallest absolute Gasteiger partial charge is 0.336 e. The Labute approximate surface area is 157 Å². The van der Waals surface area contributed by atoms with Crippen LogP contribution in [0, 0.1) is 0 Å². The van der Waals surface area contributed by atoms with E-state index < -0.39 is 11.9 Å². The standard InChI is InChI=1S/C16H16F3N7S/c1-15(2,3)13-24-25-14(26(13)20)27-11-8-10(16(17,18)19)22-12(23-11)9-6-4-5-7-21-9/h4-8H,20H2,1-3H3. The summed E-state index contributed by atoms with van der Waals surface area (Å²) in [5.41, 5.74) is -1.21. The zero-order chi connectivity index (χ0) is 19.8. The first-order chi connectivity index (χ1) is 12.6. The van der Waals surface area contributed by atoms with Gasteiger partial charge < -0.3 is 5.84 Å². The second-order valence-corrected chi connectivity index (χ2v) is 7.64. The largest absolute Gasteiger partial charge is 0.433 e. The predicted octanol–water partition coefficient (Wildman–Crippen LogP) is 3.31. The summed E-state index contributed by atoms with van der Waals surface area (Å²) in [4.78, 5) is 11.8. The lowest BCUT2D eigenvalue weighted by Gasteiger charge is -2.16. The molecule has 7 nitrogen and oxygen atoms in total. The quantitative estimate of drug-likeness (QED) is 0.537. The number of nitrogens with two attached hydrogens (primary N) is 1. The van der Waals surface area contributed by atoms with Crippen molar-refractivity contribution in [2.45, 2.75) is 42.5 Å². The fourth-order valence-corrected chi connectivity index (χ4v) is 2.94. The van der Waals surface area contributed by atoms with E-state index in [4.69, 9.17) is 5.84 Å². The van der Waals surface area contributed by atoms with Crippen LogP contribution >= 0.6 is 11.8 Å². The highest BCUT2D eigenvalue weighted by molar-refractivity contribution is 7.99. The van der Waals surface area contributed by atoms with Crippen LogP contribution < -0.4 is 5.84 Å². The zero-order valence-electron chi connectivity index (χ0n) is 14.7. The molecule has 0 saturated heterocycles. The summed E-state index contributed by atoms with van der Waals surface area (Å²) >= 11 is 0.876.